The van der Waals surface area contributed by atoms with Gasteiger partial charge in [-0.3, -0.25) is 0 Å². The van der Waals surface area contributed by atoms with Gasteiger partial charge in [-0.15, -0.1) is 0 Å². The number of phenols is 2. The van der Waals surface area contributed by atoms with Crippen molar-refractivity contribution < 1.29 is 25.2 Å². The Labute approximate surface area is 117 Å². The smallest absolute Gasteiger partial charge is 0.503 e. The summed E-state index contributed by atoms with van der Waals surface area (Å²) in [4.78, 5) is 8.56. The van der Waals surface area contributed by atoms with Gasteiger partial charge >= 0.3 is 6.16 Å². The monoisotopic (exact) mass is 278 g/mol. The summed E-state index contributed by atoms with van der Waals surface area (Å²) in [6.45, 7) is 3.89. The summed E-state index contributed by atoms with van der Waals surface area (Å²) >= 11 is 0. The van der Waals surface area contributed by atoms with Crippen LogP contribution >= 0.6 is 0 Å². The van der Waals surface area contributed by atoms with E-state index in [2.05, 4.69) is 0 Å². The van der Waals surface area contributed by atoms with E-state index in [1.807, 2.05) is 38.1 Å². The highest BCUT2D eigenvalue weighted by atomic mass is 16.6. The van der Waals surface area contributed by atoms with Gasteiger partial charge in [-0.2, -0.15) is 0 Å². The van der Waals surface area contributed by atoms with Crippen LogP contribution in [0.4, 0.5) is 4.79 Å². The third-order valence-electron chi connectivity index (χ3n) is 2.00. The highest BCUT2D eigenvalue weighted by Gasteiger charge is 1.83. The summed E-state index contributed by atoms with van der Waals surface area (Å²) in [5, 5.41) is 31.6. The van der Waals surface area contributed by atoms with E-state index in [1.165, 1.54) is 0 Å². The van der Waals surface area contributed by atoms with Crippen LogP contribution in [0.2, 0.25) is 0 Å². The molecule has 0 fully saturated rings. The number of phenolic OH excluding ortho intramolecular Hbond substituents is 2. The molecule has 0 saturated carbocycles. The zero-order chi connectivity index (χ0) is 15.5. The van der Waals surface area contributed by atoms with Gasteiger partial charge in [0.25, 0.3) is 0 Å². The maximum absolute atomic E-state index is 8.81. The molecule has 0 aliphatic rings. The maximum atomic E-state index is 8.81. The van der Waals surface area contributed by atoms with Gasteiger partial charge in [0.05, 0.1) is 0 Å². The molecule has 0 heterocycles. The molecule has 5 nitrogen and oxygen atoms in total. The summed E-state index contributed by atoms with van der Waals surface area (Å²) in [5.41, 5.74) is 2.18. The molecule has 0 atom stereocenters. The number of aromatic hydroxyl groups is 2. The van der Waals surface area contributed by atoms with Gasteiger partial charge in [0, 0.05) is 0 Å². The lowest BCUT2D eigenvalue weighted by atomic mass is 10.2. The van der Waals surface area contributed by atoms with Crippen LogP contribution in [0.15, 0.2) is 48.5 Å². The molecular weight excluding hydrogens is 260 g/mol. The Hall–Kier alpha value is -2.69. The number of benzene rings is 2. The second-order valence-corrected chi connectivity index (χ2v) is 3.96. The molecule has 108 valence electrons. The van der Waals surface area contributed by atoms with Crippen LogP contribution in [0, 0.1) is 13.8 Å². The second kappa shape index (κ2) is 9.27. The molecule has 0 bridgehead atoms. The first kappa shape index (κ1) is 17.3. The fourth-order valence-electron chi connectivity index (χ4n) is 1.26. The van der Waals surface area contributed by atoms with E-state index in [0.29, 0.717) is 11.5 Å². The molecule has 2 aromatic carbocycles. The number of hydrogen-bond donors (Lipinski definition) is 4. The lowest BCUT2D eigenvalue weighted by molar-refractivity contribution is 0.137. The van der Waals surface area contributed by atoms with E-state index in [-0.39, 0.29) is 0 Å². The van der Waals surface area contributed by atoms with Crippen LogP contribution in [0.1, 0.15) is 11.1 Å². The van der Waals surface area contributed by atoms with Crippen molar-refractivity contribution in [3.05, 3.63) is 59.7 Å². The lowest BCUT2D eigenvalue weighted by Gasteiger charge is -1.89. The molecule has 0 amide bonds. The minimum absolute atomic E-state index is 0.338. The van der Waals surface area contributed by atoms with E-state index >= 15 is 0 Å². The summed E-state index contributed by atoms with van der Waals surface area (Å²) in [6, 6.07) is 14.3. The molecule has 0 aromatic heterocycles. The van der Waals surface area contributed by atoms with Crippen molar-refractivity contribution in [2.75, 3.05) is 0 Å². The number of hydrogen-bond acceptors (Lipinski definition) is 3. The van der Waals surface area contributed by atoms with E-state index in [0.717, 1.165) is 11.1 Å². The van der Waals surface area contributed by atoms with Gasteiger partial charge in [-0.05, 0) is 49.2 Å². The van der Waals surface area contributed by atoms with Crippen LogP contribution in [0.25, 0.3) is 0 Å². The molecule has 5 heteroatoms. The second-order valence-electron chi connectivity index (χ2n) is 3.96. The molecule has 2 rings (SSSR count). The molecular formula is C15H18O5. The Morgan fingerprint density at radius 2 is 1.10 bits per heavy atom. The number of carboxylic acid groups (broad SMARTS) is 2. The van der Waals surface area contributed by atoms with Gasteiger partial charge in [0.2, 0.25) is 0 Å². The largest absolute Gasteiger partial charge is 0.508 e. The standard InChI is InChI=1S/2C7H8O.CH2O3/c2*1-6-3-2-4-7(8)5-6;2-1(3)4/h2*2-5,8H,1H3;(H2,2,3,4). The summed E-state index contributed by atoms with van der Waals surface area (Å²) in [5.74, 6) is 0.676. The van der Waals surface area contributed by atoms with Crippen molar-refractivity contribution in [3.63, 3.8) is 0 Å². The predicted octanol–water partition coefficient (Wildman–Crippen LogP) is 3.62. The Morgan fingerprint density at radius 1 is 0.800 bits per heavy atom. The first-order chi connectivity index (χ1) is 9.31. The molecule has 0 aliphatic carbocycles. The van der Waals surface area contributed by atoms with Crippen LogP contribution in [-0.2, 0) is 0 Å². The van der Waals surface area contributed by atoms with Gasteiger partial charge in [-0.25, -0.2) is 4.79 Å². The number of aryl methyl sites for hydroxylation is 2. The summed E-state index contributed by atoms with van der Waals surface area (Å²) in [7, 11) is 0. The molecule has 0 unspecified atom stereocenters. The summed E-state index contributed by atoms with van der Waals surface area (Å²) in [6.07, 6.45) is -1.83. The van der Waals surface area contributed by atoms with Gasteiger partial charge in [-0.1, -0.05) is 24.3 Å². The maximum Gasteiger partial charge on any atom is 0.503 e. The fourth-order valence-corrected chi connectivity index (χ4v) is 1.26. The Morgan fingerprint density at radius 3 is 1.25 bits per heavy atom. The summed E-state index contributed by atoms with van der Waals surface area (Å²) < 4.78 is 0. The van der Waals surface area contributed by atoms with E-state index < -0.39 is 6.16 Å². The lowest BCUT2D eigenvalue weighted by Crippen LogP contribution is -1.81. The molecule has 0 aliphatic heterocycles. The van der Waals surface area contributed by atoms with Crippen LogP contribution in [0.5, 0.6) is 11.5 Å². The SMILES string of the molecule is Cc1cccc(O)c1.Cc1cccc(O)c1.O=C(O)O. The van der Waals surface area contributed by atoms with Crippen molar-refractivity contribution in [3.8, 4) is 11.5 Å². The molecule has 4 N–H and O–H groups in total. The Bertz CT molecular complexity index is 455. The van der Waals surface area contributed by atoms with Crippen molar-refractivity contribution in [1.82, 2.24) is 0 Å². The van der Waals surface area contributed by atoms with Crippen molar-refractivity contribution in [2.24, 2.45) is 0 Å². The third kappa shape index (κ3) is 10.5. The zero-order valence-electron chi connectivity index (χ0n) is 11.3. The average Bonchev–Trinajstić information content (AvgIpc) is 2.28. The van der Waals surface area contributed by atoms with E-state index in [9.17, 15) is 0 Å². The molecule has 0 saturated heterocycles. The molecule has 0 spiro atoms. The van der Waals surface area contributed by atoms with E-state index in [4.69, 9.17) is 25.2 Å². The predicted molar refractivity (Wildman–Crippen MR) is 76.3 cm³/mol. The van der Waals surface area contributed by atoms with Crippen LogP contribution < -0.4 is 0 Å². The van der Waals surface area contributed by atoms with Gasteiger partial charge in [0.15, 0.2) is 0 Å². The highest BCUT2D eigenvalue weighted by molar-refractivity contribution is 5.53. The van der Waals surface area contributed by atoms with Gasteiger partial charge in [0.1, 0.15) is 11.5 Å². The first-order valence-corrected chi connectivity index (χ1v) is 5.74. The normalized spacial score (nSPS) is 8.50. The quantitative estimate of drug-likeness (QED) is 0.590. The third-order valence-corrected chi connectivity index (χ3v) is 2.00. The minimum Gasteiger partial charge on any atom is -0.508 e. The van der Waals surface area contributed by atoms with Crippen LogP contribution in [-0.4, -0.2) is 26.6 Å². The minimum atomic E-state index is -1.83. The molecule has 20 heavy (non-hydrogen) atoms. The van der Waals surface area contributed by atoms with Gasteiger partial charge < -0.3 is 20.4 Å². The van der Waals surface area contributed by atoms with Crippen molar-refractivity contribution >= 4 is 6.16 Å². The number of rotatable bonds is 0. The van der Waals surface area contributed by atoms with Crippen molar-refractivity contribution in [2.45, 2.75) is 13.8 Å². The van der Waals surface area contributed by atoms with Crippen LogP contribution in [0.3, 0.4) is 0 Å². The molecule has 2 aromatic rings. The van der Waals surface area contributed by atoms with Crippen molar-refractivity contribution in [1.29, 1.82) is 0 Å². The average molecular weight is 278 g/mol. The topological polar surface area (TPSA) is 98.0 Å². The van der Waals surface area contributed by atoms with E-state index in [1.54, 1.807) is 24.3 Å². The Kier molecular flexibility index (Phi) is 8.02. The first-order valence-electron chi connectivity index (χ1n) is 5.74. The fraction of sp³-hybridized carbons (Fsp3) is 0.133. The molecule has 0 radical (unpaired) electrons. The highest BCUT2D eigenvalue weighted by Crippen LogP contribution is 2.09. The zero-order valence-corrected chi connectivity index (χ0v) is 11.3. The number of carbonyl (C=O) groups is 1. The Balaban J connectivity index is 0.000000289.